The molecule has 0 radical (unpaired) electrons. The first kappa shape index (κ1) is 7.59. The van der Waals surface area contributed by atoms with Crippen LogP contribution in [0.4, 0.5) is 10.7 Å². The van der Waals surface area contributed by atoms with E-state index in [-0.39, 0.29) is 6.03 Å². The molecule has 2 N–H and O–H groups in total. The minimum absolute atomic E-state index is 0.194. The number of aromatic nitrogens is 2. The van der Waals surface area contributed by atoms with Gasteiger partial charge in [-0.15, -0.1) is 0 Å². The molecular weight excluding hydrogens is 144 g/mol. The molecule has 0 aliphatic rings. The van der Waals surface area contributed by atoms with Gasteiger partial charge in [-0.05, 0) is 0 Å². The van der Waals surface area contributed by atoms with E-state index < -0.39 is 0 Å². The lowest BCUT2D eigenvalue weighted by Crippen LogP contribution is -2.27. The van der Waals surface area contributed by atoms with E-state index in [4.69, 9.17) is 0 Å². The van der Waals surface area contributed by atoms with E-state index in [0.29, 0.717) is 5.95 Å². The van der Waals surface area contributed by atoms with Crippen LogP contribution < -0.4 is 5.32 Å². The highest BCUT2D eigenvalue weighted by molar-refractivity contribution is 5.86. The van der Waals surface area contributed by atoms with Crippen molar-refractivity contribution < 1.29 is 4.79 Å². The molecule has 0 unspecified atom stereocenters. The summed E-state index contributed by atoms with van der Waals surface area (Å²) in [5.41, 5.74) is 0. The molecule has 5 nitrogen and oxygen atoms in total. The summed E-state index contributed by atoms with van der Waals surface area (Å²) in [5, 5.41) is 2.54. The minimum atomic E-state index is -0.194. The van der Waals surface area contributed by atoms with Crippen molar-refractivity contribution in [3.05, 3.63) is 12.4 Å². The lowest BCUT2D eigenvalue weighted by molar-refractivity contribution is 0.230. The summed E-state index contributed by atoms with van der Waals surface area (Å²) in [7, 11) is 3.33. The number of urea groups is 1. The fourth-order valence-corrected chi connectivity index (χ4v) is 0.547. The molecular formula is C6H10N4O. The summed E-state index contributed by atoms with van der Waals surface area (Å²) in [6, 6.07) is -0.194. The van der Waals surface area contributed by atoms with Crippen LogP contribution in [-0.2, 0) is 0 Å². The molecule has 0 aliphatic heterocycles. The Morgan fingerprint density at radius 1 is 1.73 bits per heavy atom. The Hall–Kier alpha value is -1.52. The number of H-pyrrole nitrogens is 1. The predicted octanol–water partition coefficient (Wildman–Crippen LogP) is 0.503. The highest BCUT2D eigenvalue weighted by atomic mass is 16.2. The van der Waals surface area contributed by atoms with E-state index in [2.05, 4.69) is 15.3 Å². The van der Waals surface area contributed by atoms with Crippen molar-refractivity contribution in [3.63, 3.8) is 0 Å². The summed E-state index contributed by atoms with van der Waals surface area (Å²) in [5.74, 6) is 0.462. The van der Waals surface area contributed by atoms with Gasteiger partial charge in [-0.1, -0.05) is 0 Å². The number of nitrogens with one attached hydrogen (secondary N) is 2. The van der Waals surface area contributed by atoms with Gasteiger partial charge in [-0.2, -0.15) is 0 Å². The molecule has 0 atom stereocenters. The number of anilines is 1. The van der Waals surface area contributed by atoms with E-state index in [0.717, 1.165) is 0 Å². The zero-order valence-electron chi connectivity index (χ0n) is 6.46. The third kappa shape index (κ3) is 1.96. The van der Waals surface area contributed by atoms with Crippen molar-refractivity contribution in [1.82, 2.24) is 14.9 Å². The second kappa shape index (κ2) is 3.05. The molecule has 0 aromatic carbocycles. The van der Waals surface area contributed by atoms with E-state index in [1.165, 1.54) is 4.90 Å². The van der Waals surface area contributed by atoms with Crippen LogP contribution in [0.15, 0.2) is 12.4 Å². The van der Waals surface area contributed by atoms with Crippen molar-refractivity contribution in [2.45, 2.75) is 0 Å². The standard InChI is InChI=1S/C6H10N4O/c1-10(2)6(11)9-5-7-3-4-8-5/h3-4H,1-2H3,(H2,7,8,9,11). The molecule has 0 spiro atoms. The van der Waals surface area contributed by atoms with Crippen molar-refractivity contribution in [3.8, 4) is 0 Å². The van der Waals surface area contributed by atoms with Crippen LogP contribution in [-0.4, -0.2) is 35.0 Å². The molecule has 0 saturated heterocycles. The van der Waals surface area contributed by atoms with Crippen LogP contribution in [0.1, 0.15) is 0 Å². The Balaban J connectivity index is 2.50. The van der Waals surface area contributed by atoms with Gasteiger partial charge in [0.2, 0.25) is 5.95 Å². The number of rotatable bonds is 1. The summed E-state index contributed by atoms with van der Waals surface area (Å²) >= 11 is 0. The number of hydrogen-bond donors (Lipinski definition) is 2. The molecule has 11 heavy (non-hydrogen) atoms. The quantitative estimate of drug-likeness (QED) is 0.618. The van der Waals surface area contributed by atoms with Crippen LogP contribution in [0, 0.1) is 0 Å². The summed E-state index contributed by atoms with van der Waals surface area (Å²) in [6.07, 6.45) is 3.22. The molecule has 5 heteroatoms. The van der Waals surface area contributed by atoms with Crippen LogP contribution in [0.2, 0.25) is 0 Å². The number of hydrogen-bond acceptors (Lipinski definition) is 2. The van der Waals surface area contributed by atoms with Gasteiger partial charge >= 0.3 is 6.03 Å². The van der Waals surface area contributed by atoms with Crippen molar-refractivity contribution >= 4 is 12.0 Å². The maximum absolute atomic E-state index is 11.0. The Bertz CT molecular complexity index is 229. The minimum Gasteiger partial charge on any atom is -0.331 e. The lowest BCUT2D eigenvalue weighted by atomic mass is 10.8. The van der Waals surface area contributed by atoms with E-state index >= 15 is 0 Å². The van der Waals surface area contributed by atoms with Gasteiger partial charge in [0.25, 0.3) is 0 Å². The molecule has 1 heterocycles. The van der Waals surface area contributed by atoms with Crippen LogP contribution in [0.25, 0.3) is 0 Å². The monoisotopic (exact) mass is 154 g/mol. The van der Waals surface area contributed by atoms with Gasteiger partial charge < -0.3 is 9.88 Å². The molecule has 60 valence electrons. The van der Waals surface area contributed by atoms with Gasteiger partial charge in [0, 0.05) is 26.5 Å². The largest absolute Gasteiger partial charge is 0.331 e. The molecule has 1 aromatic heterocycles. The molecule has 0 aliphatic carbocycles. The molecule has 0 saturated carbocycles. The van der Waals surface area contributed by atoms with Crippen LogP contribution in [0.3, 0.4) is 0 Å². The van der Waals surface area contributed by atoms with Gasteiger partial charge in [0.15, 0.2) is 0 Å². The summed E-state index contributed by atoms with van der Waals surface area (Å²) < 4.78 is 0. The lowest BCUT2D eigenvalue weighted by Gasteiger charge is -2.09. The predicted molar refractivity (Wildman–Crippen MR) is 41.3 cm³/mol. The number of carbonyl (C=O) groups is 1. The second-order valence-electron chi connectivity index (χ2n) is 2.26. The SMILES string of the molecule is CN(C)C(=O)Nc1ncc[nH]1. The average molecular weight is 154 g/mol. The average Bonchev–Trinajstić information content (AvgIpc) is 2.39. The summed E-state index contributed by atoms with van der Waals surface area (Å²) in [4.78, 5) is 19.0. The Morgan fingerprint density at radius 3 is 2.91 bits per heavy atom. The third-order valence-electron chi connectivity index (χ3n) is 1.13. The van der Waals surface area contributed by atoms with E-state index in [1.807, 2.05) is 0 Å². The van der Waals surface area contributed by atoms with Crippen LogP contribution in [0.5, 0.6) is 0 Å². The maximum Gasteiger partial charge on any atom is 0.323 e. The van der Waals surface area contributed by atoms with Gasteiger partial charge in [-0.25, -0.2) is 9.78 Å². The number of carbonyl (C=O) groups excluding carboxylic acids is 1. The number of nitrogens with zero attached hydrogens (tertiary/aromatic N) is 2. The second-order valence-corrected chi connectivity index (χ2v) is 2.26. The third-order valence-corrected chi connectivity index (χ3v) is 1.13. The molecule has 1 rings (SSSR count). The number of amides is 2. The zero-order chi connectivity index (χ0) is 8.27. The van der Waals surface area contributed by atoms with Crippen molar-refractivity contribution in [2.75, 3.05) is 19.4 Å². The van der Waals surface area contributed by atoms with Crippen molar-refractivity contribution in [2.24, 2.45) is 0 Å². The van der Waals surface area contributed by atoms with Gasteiger partial charge in [0.1, 0.15) is 0 Å². The Kier molecular flexibility index (Phi) is 2.10. The molecule has 2 amide bonds. The zero-order valence-corrected chi connectivity index (χ0v) is 6.46. The van der Waals surface area contributed by atoms with Crippen LogP contribution >= 0.6 is 0 Å². The Morgan fingerprint density at radius 2 is 2.45 bits per heavy atom. The first-order chi connectivity index (χ1) is 5.20. The number of imidazole rings is 1. The maximum atomic E-state index is 11.0. The first-order valence-corrected chi connectivity index (χ1v) is 3.18. The smallest absolute Gasteiger partial charge is 0.323 e. The topological polar surface area (TPSA) is 61.0 Å². The summed E-state index contributed by atoms with van der Waals surface area (Å²) in [6.45, 7) is 0. The first-order valence-electron chi connectivity index (χ1n) is 3.18. The van der Waals surface area contributed by atoms with E-state index in [1.54, 1.807) is 26.5 Å². The van der Waals surface area contributed by atoms with E-state index in [9.17, 15) is 4.79 Å². The van der Waals surface area contributed by atoms with Gasteiger partial charge in [-0.3, -0.25) is 5.32 Å². The van der Waals surface area contributed by atoms with Crippen molar-refractivity contribution in [1.29, 1.82) is 0 Å². The highest BCUT2D eigenvalue weighted by Crippen LogP contribution is 1.95. The molecule has 0 bridgehead atoms. The Labute approximate surface area is 64.4 Å². The fraction of sp³-hybridized carbons (Fsp3) is 0.333. The molecule has 0 fully saturated rings. The number of aromatic amines is 1. The molecule has 1 aromatic rings. The fourth-order valence-electron chi connectivity index (χ4n) is 0.547. The highest BCUT2D eigenvalue weighted by Gasteiger charge is 2.03. The normalized spacial score (nSPS) is 9.27. The van der Waals surface area contributed by atoms with Gasteiger partial charge in [0.05, 0.1) is 0 Å².